The van der Waals surface area contributed by atoms with Gasteiger partial charge < -0.3 is 19.9 Å². The normalized spacial score (nSPS) is 19.6. The van der Waals surface area contributed by atoms with E-state index < -0.39 is 29.2 Å². The van der Waals surface area contributed by atoms with Crippen molar-refractivity contribution in [2.45, 2.75) is 19.0 Å². The molecule has 2 aromatic rings. The van der Waals surface area contributed by atoms with Crippen LogP contribution in [0.2, 0.25) is 0 Å². The standard InChI is InChI=1S/C25H26F4N4O2/c1-35-15-18-14-33(23(34)31-22-5-3-2-4-21(22)26)16-24(18)8-10-32(11-9-24)19-7-6-17(13-30)20(12-19)25(27,28)29/h2-7,12,18H,8-11,14-16H2,1H3,(H,31,34). The molecule has 2 amide bonds. The van der Waals surface area contributed by atoms with Gasteiger partial charge in [0, 0.05) is 44.9 Å². The van der Waals surface area contributed by atoms with Gasteiger partial charge >= 0.3 is 12.2 Å². The fourth-order valence-corrected chi connectivity index (χ4v) is 5.21. The monoisotopic (exact) mass is 490 g/mol. The predicted octanol–water partition coefficient (Wildman–Crippen LogP) is 5.11. The summed E-state index contributed by atoms with van der Waals surface area (Å²) >= 11 is 0. The van der Waals surface area contributed by atoms with Crippen LogP contribution in [0.1, 0.15) is 24.0 Å². The number of amides is 2. The average molecular weight is 491 g/mol. The Hall–Kier alpha value is -3.32. The van der Waals surface area contributed by atoms with Crippen LogP contribution in [0.25, 0.3) is 0 Å². The number of carbonyl (C=O) groups excluding carboxylic acids is 1. The summed E-state index contributed by atoms with van der Waals surface area (Å²) in [7, 11) is 1.60. The van der Waals surface area contributed by atoms with E-state index in [1.807, 2.05) is 4.90 Å². The molecular weight excluding hydrogens is 464 g/mol. The van der Waals surface area contributed by atoms with Crippen LogP contribution in [-0.2, 0) is 10.9 Å². The first-order valence-corrected chi connectivity index (χ1v) is 11.3. The summed E-state index contributed by atoms with van der Waals surface area (Å²) in [6.07, 6.45) is -3.29. The van der Waals surface area contributed by atoms with Crippen molar-refractivity contribution in [3.8, 4) is 6.07 Å². The Morgan fingerprint density at radius 3 is 2.57 bits per heavy atom. The molecule has 1 unspecified atom stereocenters. The Balaban J connectivity index is 1.48. The number of rotatable bonds is 4. The van der Waals surface area contributed by atoms with Crippen LogP contribution >= 0.6 is 0 Å². The number of nitrogens with one attached hydrogen (secondary N) is 1. The van der Waals surface area contributed by atoms with Crippen molar-refractivity contribution in [2.75, 3.05) is 50.1 Å². The molecule has 2 aliphatic heterocycles. The van der Waals surface area contributed by atoms with Crippen molar-refractivity contribution in [3.63, 3.8) is 0 Å². The molecule has 2 aromatic carbocycles. The summed E-state index contributed by atoms with van der Waals surface area (Å²) in [5.41, 5.74) is -1.06. The second-order valence-electron chi connectivity index (χ2n) is 9.13. The third-order valence-corrected chi connectivity index (χ3v) is 7.14. The number of alkyl halides is 3. The van der Waals surface area contributed by atoms with Crippen LogP contribution in [-0.4, -0.2) is 50.8 Å². The van der Waals surface area contributed by atoms with E-state index >= 15 is 0 Å². The van der Waals surface area contributed by atoms with Crippen LogP contribution in [0.5, 0.6) is 0 Å². The number of nitriles is 1. The van der Waals surface area contributed by atoms with Gasteiger partial charge in [0.05, 0.1) is 29.5 Å². The molecular formula is C25H26F4N4O2. The minimum atomic E-state index is -4.61. The summed E-state index contributed by atoms with van der Waals surface area (Å²) in [5, 5.41) is 11.7. The van der Waals surface area contributed by atoms with Gasteiger partial charge in [0.1, 0.15) is 5.82 Å². The quantitative estimate of drug-likeness (QED) is 0.605. The summed E-state index contributed by atoms with van der Waals surface area (Å²) < 4.78 is 59.6. The van der Waals surface area contributed by atoms with Crippen LogP contribution in [0.15, 0.2) is 42.5 Å². The topological polar surface area (TPSA) is 68.6 Å². The predicted molar refractivity (Wildman–Crippen MR) is 122 cm³/mol. The molecule has 0 aromatic heterocycles. The number of urea groups is 1. The van der Waals surface area contributed by atoms with E-state index in [-0.39, 0.29) is 17.0 Å². The molecule has 10 heteroatoms. The first-order valence-electron chi connectivity index (χ1n) is 11.3. The summed E-state index contributed by atoms with van der Waals surface area (Å²) in [6, 6.07) is 11.0. The van der Waals surface area contributed by atoms with E-state index in [9.17, 15) is 22.4 Å². The Bertz CT molecular complexity index is 1120. The fourth-order valence-electron chi connectivity index (χ4n) is 5.21. The van der Waals surface area contributed by atoms with E-state index in [2.05, 4.69) is 5.32 Å². The molecule has 186 valence electrons. The molecule has 4 rings (SSSR count). The second-order valence-corrected chi connectivity index (χ2v) is 9.13. The lowest BCUT2D eigenvalue weighted by Crippen LogP contribution is -2.45. The van der Waals surface area contributed by atoms with Gasteiger partial charge in [-0.3, -0.25) is 0 Å². The van der Waals surface area contributed by atoms with E-state index in [0.29, 0.717) is 51.3 Å². The smallest absolute Gasteiger partial charge is 0.384 e. The molecule has 0 radical (unpaired) electrons. The van der Waals surface area contributed by atoms with Gasteiger partial charge in [-0.2, -0.15) is 18.4 Å². The van der Waals surface area contributed by atoms with Crippen molar-refractivity contribution >= 4 is 17.4 Å². The molecule has 1 spiro atoms. The molecule has 0 aliphatic carbocycles. The number of hydrogen-bond acceptors (Lipinski definition) is 4. The average Bonchev–Trinajstić information content (AvgIpc) is 3.18. The number of nitrogens with zero attached hydrogens (tertiary/aromatic N) is 3. The summed E-state index contributed by atoms with van der Waals surface area (Å²) in [6.45, 7) is 2.36. The Morgan fingerprint density at radius 2 is 1.94 bits per heavy atom. The number of benzene rings is 2. The van der Waals surface area contributed by atoms with E-state index in [0.717, 1.165) is 6.07 Å². The molecule has 0 bridgehead atoms. The van der Waals surface area contributed by atoms with Crippen molar-refractivity contribution < 1.29 is 27.1 Å². The number of likely N-dealkylation sites (tertiary alicyclic amines) is 1. The molecule has 2 fully saturated rings. The number of anilines is 2. The van der Waals surface area contributed by atoms with Gasteiger partial charge in [-0.1, -0.05) is 12.1 Å². The summed E-state index contributed by atoms with van der Waals surface area (Å²) in [5.74, 6) is -0.468. The Kier molecular flexibility index (Phi) is 6.90. The number of piperidine rings is 1. The van der Waals surface area contributed by atoms with Crippen molar-refractivity contribution in [2.24, 2.45) is 11.3 Å². The van der Waals surface area contributed by atoms with E-state index in [1.165, 1.54) is 18.2 Å². The van der Waals surface area contributed by atoms with Gasteiger partial charge in [0.25, 0.3) is 0 Å². The molecule has 2 saturated heterocycles. The zero-order valence-corrected chi connectivity index (χ0v) is 19.2. The Labute approximate surface area is 201 Å². The van der Waals surface area contributed by atoms with Gasteiger partial charge in [0.15, 0.2) is 0 Å². The number of carbonyl (C=O) groups is 1. The van der Waals surface area contributed by atoms with Crippen LogP contribution < -0.4 is 10.2 Å². The first-order chi connectivity index (χ1) is 16.7. The maximum atomic E-state index is 14.0. The highest BCUT2D eigenvalue weighted by Gasteiger charge is 2.49. The largest absolute Gasteiger partial charge is 0.417 e. The minimum Gasteiger partial charge on any atom is -0.384 e. The maximum absolute atomic E-state index is 14.0. The lowest BCUT2D eigenvalue weighted by atomic mass is 9.71. The molecule has 0 saturated carbocycles. The zero-order chi connectivity index (χ0) is 25.2. The number of ether oxygens (including phenoxy) is 1. The van der Waals surface area contributed by atoms with Gasteiger partial charge in [-0.15, -0.1) is 0 Å². The highest BCUT2D eigenvalue weighted by atomic mass is 19.4. The lowest BCUT2D eigenvalue weighted by Gasteiger charge is -2.43. The van der Waals surface area contributed by atoms with E-state index in [1.54, 1.807) is 36.3 Å². The molecule has 2 aliphatic rings. The fraction of sp³-hybridized carbons (Fsp3) is 0.440. The highest BCUT2D eigenvalue weighted by Crippen LogP contribution is 2.46. The molecule has 2 heterocycles. The number of halogens is 4. The molecule has 6 nitrogen and oxygen atoms in total. The minimum absolute atomic E-state index is 0.0488. The zero-order valence-electron chi connectivity index (χ0n) is 19.2. The maximum Gasteiger partial charge on any atom is 0.417 e. The number of methoxy groups -OCH3 is 1. The van der Waals surface area contributed by atoms with Gasteiger partial charge in [-0.05, 0) is 48.6 Å². The third kappa shape index (κ3) is 5.05. The first kappa shape index (κ1) is 24.8. The molecule has 35 heavy (non-hydrogen) atoms. The van der Waals surface area contributed by atoms with Gasteiger partial charge in [-0.25, -0.2) is 9.18 Å². The SMILES string of the molecule is COCC1CN(C(=O)Nc2ccccc2F)CC12CCN(c1ccc(C#N)c(C(F)(F)F)c1)CC2. The molecule has 1 N–H and O–H groups in total. The van der Waals surface area contributed by atoms with Crippen LogP contribution in [0.4, 0.5) is 33.7 Å². The van der Waals surface area contributed by atoms with Crippen molar-refractivity contribution in [3.05, 3.63) is 59.4 Å². The van der Waals surface area contributed by atoms with Crippen molar-refractivity contribution in [1.82, 2.24) is 4.90 Å². The van der Waals surface area contributed by atoms with Crippen LogP contribution in [0.3, 0.4) is 0 Å². The number of hydrogen-bond donors (Lipinski definition) is 1. The molecule has 1 atom stereocenters. The van der Waals surface area contributed by atoms with Crippen LogP contribution in [0, 0.1) is 28.5 Å². The third-order valence-electron chi connectivity index (χ3n) is 7.14. The van der Waals surface area contributed by atoms with E-state index in [4.69, 9.17) is 10.00 Å². The summed E-state index contributed by atoms with van der Waals surface area (Å²) in [4.78, 5) is 16.4. The van der Waals surface area contributed by atoms with Gasteiger partial charge in [0.2, 0.25) is 0 Å². The lowest BCUT2D eigenvalue weighted by molar-refractivity contribution is -0.137. The number of para-hydroxylation sites is 1. The second kappa shape index (κ2) is 9.74. The van der Waals surface area contributed by atoms with Crippen molar-refractivity contribution in [1.29, 1.82) is 5.26 Å². The highest BCUT2D eigenvalue weighted by molar-refractivity contribution is 5.89. The Morgan fingerprint density at radius 1 is 1.23 bits per heavy atom.